The van der Waals surface area contributed by atoms with E-state index < -0.39 is 69.7 Å². The summed E-state index contributed by atoms with van der Waals surface area (Å²) in [5, 5.41) is 105. The minimum Gasteiger partial charge on any atom is -0.504 e. The summed E-state index contributed by atoms with van der Waals surface area (Å²) in [6, 6.07) is 5.07. The summed E-state index contributed by atoms with van der Waals surface area (Å²) < 4.78 is 0. The Labute approximate surface area is 230 Å². The van der Waals surface area contributed by atoms with Gasteiger partial charge in [-0.2, -0.15) is 0 Å². The van der Waals surface area contributed by atoms with Gasteiger partial charge in [0.2, 0.25) is 0 Å². The molecule has 0 fully saturated rings. The van der Waals surface area contributed by atoms with Crippen molar-refractivity contribution >= 4 is 17.9 Å². The smallest absolute Gasteiger partial charge is 0.335 e. The number of aromatic hydroxyl groups is 9. The van der Waals surface area contributed by atoms with Gasteiger partial charge in [-0.05, 0) is 36.4 Å². The largest absolute Gasteiger partial charge is 0.504 e. The maximum atomic E-state index is 10.3. The van der Waals surface area contributed by atoms with Crippen molar-refractivity contribution in [2.24, 2.45) is 0 Å². The van der Waals surface area contributed by atoms with E-state index in [2.05, 4.69) is 0 Å². The third-order valence-corrected chi connectivity index (χ3v) is 3.95. The van der Waals surface area contributed by atoms with E-state index >= 15 is 0 Å². The number of carboxylic acid groups (broad SMARTS) is 3. The molecule has 12 N–H and O–H groups in total. The maximum Gasteiger partial charge on any atom is 0.335 e. The number of benzene rings is 3. The van der Waals surface area contributed by atoms with Crippen LogP contribution in [-0.2, 0) is 32.7 Å². The van der Waals surface area contributed by atoms with Gasteiger partial charge < -0.3 is 61.3 Å². The predicted molar refractivity (Wildman–Crippen MR) is 115 cm³/mol. The Balaban J connectivity index is 0.000000518. The molecule has 16 heteroatoms. The predicted octanol–water partition coefficient (Wildman–Crippen LogP) is 1.50. The quantitative estimate of drug-likeness (QED) is 0.190. The number of phenols is 9. The van der Waals surface area contributed by atoms with Crippen LogP contribution in [-0.4, -0.2) is 79.2 Å². The molecule has 1 radical (unpaired) electrons. The summed E-state index contributed by atoms with van der Waals surface area (Å²) in [5.74, 6) is -10.00. The Kier molecular flexibility index (Phi) is 11.8. The molecular formula is C21H18O15Y. The zero-order valence-electron chi connectivity index (χ0n) is 18.1. The molecule has 0 aliphatic rings. The van der Waals surface area contributed by atoms with E-state index in [-0.39, 0.29) is 49.4 Å². The van der Waals surface area contributed by atoms with Gasteiger partial charge in [-0.3, -0.25) is 0 Å². The Morgan fingerprint density at radius 2 is 0.514 bits per heavy atom. The van der Waals surface area contributed by atoms with Crippen molar-refractivity contribution in [1.29, 1.82) is 0 Å². The molecule has 0 amide bonds. The Bertz CT molecular complexity index is 1090. The van der Waals surface area contributed by atoms with Crippen molar-refractivity contribution in [3.63, 3.8) is 0 Å². The average molecular weight is 599 g/mol. The molecule has 0 atom stereocenters. The number of aromatic carboxylic acids is 3. The fraction of sp³-hybridized carbons (Fsp3) is 0. The molecule has 0 aromatic heterocycles. The standard InChI is InChI=1S/3C7H6O5.Y/c3*8-4-1-3(7(11)12)2-5(9)6(4)10;/h3*1-2,8-10H,(H,11,12);. The molecule has 0 saturated heterocycles. The molecule has 0 bridgehead atoms. The molecule has 3 aromatic rings. The minimum atomic E-state index is -1.29. The van der Waals surface area contributed by atoms with Crippen molar-refractivity contribution in [2.45, 2.75) is 0 Å². The number of carbonyl (C=O) groups is 3. The number of carboxylic acids is 3. The van der Waals surface area contributed by atoms with Crippen LogP contribution < -0.4 is 0 Å². The number of rotatable bonds is 3. The first kappa shape index (κ1) is 32.4. The Morgan fingerprint density at radius 1 is 0.378 bits per heavy atom. The van der Waals surface area contributed by atoms with Crippen LogP contribution in [0.4, 0.5) is 0 Å². The fourth-order valence-corrected chi connectivity index (χ4v) is 2.18. The van der Waals surface area contributed by atoms with Crippen molar-refractivity contribution in [3.05, 3.63) is 53.1 Å². The molecule has 0 aliphatic carbocycles. The molecule has 0 spiro atoms. The van der Waals surface area contributed by atoms with Crippen LogP contribution in [0.15, 0.2) is 36.4 Å². The van der Waals surface area contributed by atoms with Crippen LogP contribution in [0.3, 0.4) is 0 Å². The molecule has 3 aromatic carbocycles. The van der Waals surface area contributed by atoms with Gasteiger partial charge in [0.05, 0.1) is 16.7 Å². The van der Waals surface area contributed by atoms with Crippen molar-refractivity contribution in [3.8, 4) is 51.7 Å². The first-order valence-electron chi connectivity index (χ1n) is 9.01. The number of hydrogen-bond acceptors (Lipinski definition) is 12. The van der Waals surface area contributed by atoms with Crippen molar-refractivity contribution in [1.82, 2.24) is 0 Å². The van der Waals surface area contributed by atoms with Crippen LogP contribution in [0.1, 0.15) is 31.1 Å². The van der Waals surface area contributed by atoms with Gasteiger partial charge in [-0.1, -0.05) is 0 Å². The summed E-state index contributed by atoms with van der Waals surface area (Å²) in [7, 11) is 0. The van der Waals surface area contributed by atoms with Gasteiger partial charge in [0.25, 0.3) is 0 Å². The normalized spacial score (nSPS) is 9.41. The summed E-state index contributed by atoms with van der Waals surface area (Å²) in [5.41, 5.74) is -0.867. The molecule has 15 nitrogen and oxygen atoms in total. The van der Waals surface area contributed by atoms with Gasteiger partial charge in [-0.25, -0.2) is 14.4 Å². The van der Waals surface area contributed by atoms with Crippen molar-refractivity contribution in [2.75, 3.05) is 0 Å². The first-order valence-corrected chi connectivity index (χ1v) is 9.01. The van der Waals surface area contributed by atoms with E-state index in [9.17, 15) is 14.4 Å². The van der Waals surface area contributed by atoms with Gasteiger partial charge in [0, 0.05) is 32.7 Å². The van der Waals surface area contributed by atoms with E-state index in [1.165, 1.54) is 0 Å². The summed E-state index contributed by atoms with van der Waals surface area (Å²) in [6.45, 7) is 0. The molecule has 37 heavy (non-hydrogen) atoms. The monoisotopic (exact) mass is 599 g/mol. The number of hydrogen-bond donors (Lipinski definition) is 12. The Morgan fingerprint density at radius 3 is 0.622 bits per heavy atom. The molecule has 3 rings (SSSR count). The van der Waals surface area contributed by atoms with E-state index in [1.807, 2.05) is 0 Å². The van der Waals surface area contributed by atoms with Crippen LogP contribution >= 0.6 is 0 Å². The first-order chi connectivity index (χ1) is 16.6. The zero-order valence-corrected chi connectivity index (χ0v) is 21.0. The van der Waals surface area contributed by atoms with Crippen LogP contribution in [0.25, 0.3) is 0 Å². The Hall–Kier alpha value is -4.63. The van der Waals surface area contributed by atoms with Crippen LogP contribution in [0, 0.1) is 0 Å². The maximum absolute atomic E-state index is 10.3. The van der Waals surface area contributed by atoms with Gasteiger partial charge in [0.15, 0.2) is 51.7 Å². The van der Waals surface area contributed by atoms with Gasteiger partial charge in [0.1, 0.15) is 0 Å². The van der Waals surface area contributed by atoms with Gasteiger partial charge >= 0.3 is 17.9 Å². The zero-order chi connectivity index (χ0) is 27.9. The third kappa shape index (κ3) is 8.83. The molecule has 195 valence electrons. The SMILES string of the molecule is O=C(O)c1cc(O)c(O)c(O)c1.O=C(O)c1cc(O)c(O)c(O)c1.O=C(O)c1cc(O)c(O)c(O)c1.[Y]. The number of phenolic OH excluding ortho intramolecular Hbond substituents is 9. The van der Waals surface area contributed by atoms with E-state index in [1.54, 1.807) is 0 Å². The van der Waals surface area contributed by atoms with Crippen molar-refractivity contribution < 1.29 is 108 Å². The van der Waals surface area contributed by atoms with Gasteiger partial charge in [-0.15, -0.1) is 0 Å². The van der Waals surface area contributed by atoms with Crippen LogP contribution in [0.2, 0.25) is 0 Å². The fourth-order valence-electron chi connectivity index (χ4n) is 2.18. The third-order valence-electron chi connectivity index (χ3n) is 3.95. The van der Waals surface area contributed by atoms with E-state index in [4.69, 9.17) is 61.3 Å². The second-order valence-electron chi connectivity index (χ2n) is 6.50. The molecular weight excluding hydrogens is 581 g/mol. The molecule has 0 aliphatic heterocycles. The average Bonchev–Trinajstić information content (AvgIpc) is 2.79. The van der Waals surface area contributed by atoms with E-state index in [0.717, 1.165) is 36.4 Å². The summed E-state index contributed by atoms with van der Waals surface area (Å²) >= 11 is 0. The van der Waals surface area contributed by atoms with E-state index in [0.29, 0.717) is 0 Å². The molecule has 0 heterocycles. The topological polar surface area (TPSA) is 294 Å². The second-order valence-corrected chi connectivity index (χ2v) is 6.50. The second kappa shape index (κ2) is 13.5. The minimum absolute atomic E-state index is 0. The summed E-state index contributed by atoms with van der Waals surface area (Å²) in [4.78, 5) is 30.9. The molecule has 0 saturated carbocycles. The van der Waals surface area contributed by atoms with Crippen LogP contribution in [0.5, 0.6) is 51.7 Å². The summed E-state index contributed by atoms with van der Waals surface area (Å²) in [6.07, 6.45) is 0. The molecule has 0 unspecified atom stereocenters.